The number of nitrogens with zero attached hydrogens (tertiary/aromatic N) is 1. The highest BCUT2D eigenvalue weighted by molar-refractivity contribution is 4.83. The second-order valence-electron chi connectivity index (χ2n) is 6.36. The highest BCUT2D eigenvalue weighted by atomic mass is 16.5. The van der Waals surface area contributed by atoms with Crippen molar-refractivity contribution in [2.45, 2.75) is 64.6 Å². The third kappa shape index (κ3) is 3.94. The maximum Gasteiger partial charge on any atom is 0.0588 e. The van der Waals surface area contributed by atoms with Crippen molar-refractivity contribution in [3.63, 3.8) is 0 Å². The third-order valence-electron chi connectivity index (χ3n) is 4.59. The van der Waals surface area contributed by atoms with Crippen LogP contribution in [-0.2, 0) is 4.74 Å². The van der Waals surface area contributed by atoms with Crippen LogP contribution in [0.5, 0.6) is 0 Å². The zero-order valence-corrected chi connectivity index (χ0v) is 12.3. The van der Waals surface area contributed by atoms with Gasteiger partial charge < -0.3 is 10.1 Å². The van der Waals surface area contributed by atoms with Gasteiger partial charge >= 0.3 is 0 Å². The Morgan fingerprint density at radius 2 is 2.17 bits per heavy atom. The van der Waals surface area contributed by atoms with Gasteiger partial charge in [0.05, 0.1) is 6.10 Å². The maximum atomic E-state index is 5.74. The standard InChI is InChI=1S/C15H30N2O/c1-12(2)15-11-17(13(3)6-8-16-15)9-7-14-5-4-10-18-14/h12-16H,4-11H2,1-3H3. The smallest absolute Gasteiger partial charge is 0.0588 e. The number of hydrogen-bond donors (Lipinski definition) is 1. The molecule has 2 saturated heterocycles. The Hall–Kier alpha value is -0.120. The highest BCUT2D eigenvalue weighted by Gasteiger charge is 2.25. The molecule has 3 unspecified atom stereocenters. The molecule has 2 fully saturated rings. The van der Waals surface area contributed by atoms with Crippen molar-refractivity contribution in [3.05, 3.63) is 0 Å². The molecule has 0 radical (unpaired) electrons. The molecular weight excluding hydrogens is 224 g/mol. The van der Waals surface area contributed by atoms with Gasteiger partial charge in [-0.3, -0.25) is 4.90 Å². The first kappa shape index (κ1) is 14.3. The zero-order chi connectivity index (χ0) is 13.0. The van der Waals surface area contributed by atoms with Crippen LogP contribution in [0.25, 0.3) is 0 Å². The van der Waals surface area contributed by atoms with Gasteiger partial charge in [-0.1, -0.05) is 13.8 Å². The van der Waals surface area contributed by atoms with E-state index in [4.69, 9.17) is 4.74 Å². The van der Waals surface area contributed by atoms with Gasteiger partial charge in [-0.05, 0) is 45.1 Å². The molecule has 0 amide bonds. The van der Waals surface area contributed by atoms with Crippen LogP contribution in [0.4, 0.5) is 0 Å². The van der Waals surface area contributed by atoms with Crippen LogP contribution in [0, 0.1) is 5.92 Å². The molecule has 2 aliphatic heterocycles. The minimum absolute atomic E-state index is 0.533. The average Bonchev–Trinajstić information content (AvgIpc) is 2.77. The van der Waals surface area contributed by atoms with Gasteiger partial charge in [0.25, 0.3) is 0 Å². The molecule has 3 atom stereocenters. The second-order valence-corrected chi connectivity index (χ2v) is 6.36. The lowest BCUT2D eigenvalue weighted by molar-refractivity contribution is 0.0841. The Kier molecular flexibility index (Phi) is 5.46. The van der Waals surface area contributed by atoms with E-state index in [1.165, 1.54) is 45.3 Å². The fourth-order valence-electron chi connectivity index (χ4n) is 3.10. The lowest BCUT2D eigenvalue weighted by atomic mass is 10.0. The van der Waals surface area contributed by atoms with Crippen LogP contribution in [0.2, 0.25) is 0 Å². The van der Waals surface area contributed by atoms with Crippen LogP contribution >= 0.6 is 0 Å². The van der Waals surface area contributed by atoms with E-state index in [1.54, 1.807) is 0 Å². The number of ether oxygens (including phenoxy) is 1. The normalized spacial score (nSPS) is 35.0. The van der Waals surface area contributed by atoms with E-state index in [2.05, 4.69) is 31.0 Å². The number of rotatable bonds is 4. The zero-order valence-electron chi connectivity index (χ0n) is 12.3. The Morgan fingerprint density at radius 1 is 1.33 bits per heavy atom. The van der Waals surface area contributed by atoms with Gasteiger partial charge in [0.15, 0.2) is 0 Å². The number of hydrogen-bond acceptors (Lipinski definition) is 3. The maximum absolute atomic E-state index is 5.74. The summed E-state index contributed by atoms with van der Waals surface area (Å²) in [6, 6.07) is 1.36. The molecule has 3 nitrogen and oxygen atoms in total. The monoisotopic (exact) mass is 254 g/mol. The summed E-state index contributed by atoms with van der Waals surface area (Å²) >= 11 is 0. The van der Waals surface area contributed by atoms with E-state index in [-0.39, 0.29) is 0 Å². The molecule has 2 heterocycles. The van der Waals surface area contributed by atoms with Crippen LogP contribution in [0.3, 0.4) is 0 Å². The van der Waals surface area contributed by atoms with E-state index in [0.29, 0.717) is 18.2 Å². The molecule has 2 aliphatic rings. The van der Waals surface area contributed by atoms with Crippen molar-refractivity contribution in [3.8, 4) is 0 Å². The molecule has 1 N–H and O–H groups in total. The van der Waals surface area contributed by atoms with Crippen molar-refractivity contribution in [2.24, 2.45) is 5.92 Å². The van der Waals surface area contributed by atoms with Crippen molar-refractivity contribution >= 4 is 0 Å². The fraction of sp³-hybridized carbons (Fsp3) is 1.00. The molecule has 18 heavy (non-hydrogen) atoms. The van der Waals surface area contributed by atoms with Gasteiger partial charge in [-0.2, -0.15) is 0 Å². The van der Waals surface area contributed by atoms with Gasteiger partial charge in [-0.15, -0.1) is 0 Å². The molecular formula is C15H30N2O. The average molecular weight is 254 g/mol. The first-order chi connectivity index (χ1) is 8.66. The molecule has 2 rings (SSSR count). The molecule has 3 heteroatoms. The summed E-state index contributed by atoms with van der Waals surface area (Å²) < 4.78 is 5.74. The molecule has 0 aromatic heterocycles. The first-order valence-corrected chi connectivity index (χ1v) is 7.76. The van der Waals surface area contributed by atoms with Gasteiger partial charge in [0, 0.05) is 31.8 Å². The highest BCUT2D eigenvalue weighted by Crippen LogP contribution is 2.19. The van der Waals surface area contributed by atoms with E-state index >= 15 is 0 Å². The molecule has 0 aromatic carbocycles. The largest absolute Gasteiger partial charge is 0.378 e. The lowest BCUT2D eigenvalue weighted by Crippen LogP contribution is -2.43. The molecule has 0 saturated carbocycles. The SMILES string of the molecule is CC(C)C1CN(CCC2CCCO2)C(C)CCN1. The van der Waals surface area contributed by atoms with Crippen molar-refractivity contribution < 1.29 is 4.74 Å². The van der Waals surface area contributed by atoms with E-state index < -0.39 is 0 Å². The van der Waals surface area contributed by atoms with Gasteiger partial charge in [0.1, 0.15) is 0 Å². The summed E-state index contributed by atoms with van der Waals surface area (Å²) in [6.07, 6.45) is 5.56. The predicted octanol–water partition coefficient (Wildman–Crippen LogP) is 2.26. The van der Waals surface area contributed by atoms with Crippen molar-refractivity contribution in [1.29, 1.82) is 0 Å². The van der Waals surface area contributed by atoms with Gasteiger partial charge in [0.2, 0.25) is 0 Å². The van der Waals surface area contributed by atoms with Crippen molar-refractivity contribution in [1.82, 2.24) is 10.2 Å². The van der Waals surface area contributed by atoms with Crippen LogP contribution in [0.15, 0.2) is 0 Å². The second kappa shape index (κ2) is 6.88. The lowest BCUT2D eigenvalue weighted by Gasteiger charge is -2.31. The Labute approximate surface area is 112 Å². The van der Waals surface area contributed by atoms with E-state index in [1.807, 2.05) is 0 Å². The van der Waals surface area contributed by atoms with Gasteiger partial charge in [-0.25, -0.2) is 0 Å². The number of nitrogens with one attached hydrogen (secondary N) is 1. The molecule has 106 valence electrons. The molecule has 0 aromatic rings. The molecule has 0 aliphatic carbocycles. The topological polar surface area (TPSA) is 24.5 Å². The summed E-state index contributed by atoms with van der Waals surface area (Å²) in [6.45, 7) is 11.6. The molecule has 0 spiro atoms. The predicted molar refractivity (Wildman–Crippen MR) is 75.9 cm³/mol. The minimum Gasteiger partial charge on any atom is -0.378 e. The Balaban J connectivity index is 1.82. The Morgan fingerprint density at radius 3 is 2.83 bits per heavy atom. The summed E-state index contributed by atoms with van der Waals surface area (Å²) in [7, 11) is 0. The van der Waals surface area contributed by atoms with Crippen molar-refractivity contribution in [2.75, 3.05) is 26.2 Å². The quantitative estimate of drug-likeness (QED) is 0.833. The summed E-state index contributed by atoms with van der Waals surface area (Å²) in [4.78, 5) is 2.67. The van der Waals surface area contributed by atoms with E-state index in [0.717, 1.165) is 12.5 Å². The fourth-order valence-corrected chi connectivity index (χ4v) is 3.10. The van der Waals surface area contributed by atoms with Crippen LogP contribution in [-0.4, -0.2) is 49.3 Å². The molecule has 0 bridgehead atoms. The third-order valence-corrected chi connectivity index (χ3v) is 4.59. The summed E-state index contributed by atoms with van der Waals surface area (Å²) in [5.41, 5.74) is 0. The van der Waals surface area contributed by atoms with Crippen LogP contribution < -0.4 is 5.32 Å². The first-order valence-electron chi connectivity index (χ1n) is 7.76. The summed E-state index contributed by atoms with van der Waals surface area (Å²) in [5, 5.41) is 3.70. The Bertz CT molecular complexity index is 239. The minimum atomic E-state index is 0.533. The van der Waals surface area contributed by atoms with Crippen LogP contribution in [0.1, 0.15) is 46.5 Å². The summed E-state index contributed by atoms with van der Waals surface area (Å²) in [5.74, 6) is 0.723. The van der Waals surface area contributed by atoms with E-state index in [9.17, 15) is 0 Å².